The van der Waals surface area contributed by atoms with E-state index in [0.29, 0.717) is 53.2 Å². The molecule has 0 radical (unpaired) electrons. The smallest absolute Gasteiger partial charge is 0.385 e. The molecule has 62 heavy (non-hydrogen) atoms. The first kappa shape index (κ1) is 43.5. The number of amides is 1. The fourth-order valence-electron chi connectivity index (χ4n) is 7.49. The average Bonchev–Trinajstić information content (AvgIpc) is 3.65. The number of hydrogen-bond acceptors (Lipinski definition) is 13. The molecule has 0 bridgehead atoms. The third-order valence-corrected chi connectivity index (χ3v) is 12.5. The Morgan fingerprint density at radius 1 is 0.952 bits per heavy atom. The van der Waals surface area contributed by atoms with Gasteiger partial charge in [0.15, 0.2) is 21.7 Å². The maximum Gasteiger partial charge on any atom is 0.417 e. The highest BCUT2D eigenvalue weighted by atomic mass is 32.2. The summed E-state index contributed by atoms with van der Waals surface area (Å²) in [6, 6.07) is 19.9. The minimum Gasteiger partial charge on any atom is -0.385 e. The van der Waals surface area contributed by atoms with E-state index in [4.69, 9.17) is 5.26 Å². The van der Waals surface area contributed by atoms with E-state index in [1.807, 2.05) is 24.3 Å². The number of hydrazone groups is 1. The minimum atomic E-state index is -4.88. The summed E-state index contributed by atoms with van der Waals surface area (Å²) in [6.45, 7) is 2.26. The number of nitrogens with one attached hydrogen (secondary N) is 5. The van der Waals surface area contributed by atoms with E-state index in [-0.39, 0.29) is 16.6 Å². The lowest BCUT2D eigenvalue weighted by atomic mass is 9.79. The van der Waals surface area contributed by atoms with Crippen LogP contribution in [0.5, 0.6) is 0 Å². The molecule has 2 aliphatic heterocycles. The van der Waals surface area contributed by atoms with Crippen molar-refractivity contribution in [2.24, 2.45) is 12.1 Å². The zero-order valence-electron chi connectivity index (χ0n) is 33.3. The molecule has 0 fully saturated rings. The minimum absolute atomic E-state index is 0.163. The highest BCUT2D eigenvalue weighted by Gasteiger charge is 2.43. The van der Waals surface area contributed by atoms with Crippen LogP contribution in [0.2, 0.25) is 0 Å². The SMILES string of the molecule is Cn1ncnc1C1C2=NNC(O)c3cc(F)cc(c32)NC1c1ccc(NCCCCCNc2ccc(S(=O)(=O)CC(C)(O)C(=O)Nc3ccc(C#N)c(C(F)(F)F)c3)cc2)cc1. The number of alkyl halides is 3. The van der Waals surface area contributed by atoms with Crippen LogP contribution in [-0.4, -0.2) is 69.5 Å². The maximum atomic E-state index is 14.7. The second-order valence-electron chi connectivity index (χ2n) is 15.2. The first-order chi connectivity index (χ1) is 29.4. The number of anilines is 4. The van der Waals surface area contributed by atoms with Gasteiger partial charge in [0.05, 0.1) is 45.5 Å². The molecule has 0 saturated carbocycles. The number of halogens is 4. The van der Waals surface area contributed by atoms with Crippen molar-refractivity contribution >= 4 is 44.2 Å². The first-order valence-electron chi connectivity index (χ1n) is 19.5. The maximum absolute atomic E-state index is 14.7. The number of aromatic nitrogens is 3. The molecule has 5 aromatic rings. The molecular formula is C42H42F4N10O5S. The van der Waals surface area contributed by atoms with Gasteiger partial charge in [0, 0.05) is 54.0 Å². The van der Waals surface area contributed by atoms with Crippen LogP contribution in [0.4, 0.5) is 40.3 Å². The monoisotopic (exact) mass is 874 g/mol. The largest absolute Gasteiger partial charge is 0.417 e. The van der Waals surface area contributed by atoms with Gasteiger partial charge in [0.25, 0.3) is 5.91 Å². The van der Waals surface area contributed by atoms with E-state index in [0.717, 1.165) is 49.6 Å². The van der Waals surface area contributed by atoms with Crippen molar-refractivity contribution in [1.29, 1.82) is 5.26 Å². The number of hydrogen-bond donors (Lipinski definition) is 7. The van der Waals surface area contributed by atoms with E-state index in [2.05, 4.69) is 41.9 Å². The van der Waals surface area contributed by atoms with E-state index in [1.54, 1.807) is 23.9 Å². The number of carbonyl (C=O) groups excluding carboxylic acids is 1. The van der Waals surface area contributed by atoms with Crippen LogP contribution >= 0.6 is 0 Å². The van der Waals surface area contributed by atoms with E-state index >= 15 is 0 Å². The quantitative estimate of drug-likeness (QED) is 0.0480. The molecule has 4 unspecified atom stereocenters. The number of rotatable bonds is 15. The molecule has 2 aliphatic rings. The van der Waals surface area contributed by atoms with Crippen molar-refractivity contribution in [1.82, 2.24) is 20.2 Å². The first-order valence-corrected chi connectivity index (χ1v) is 21.1. The average molecular weight is 875 g/mol. The number of nitrogens with zero attached hydrogens (tertiary/aromatic N) is 5. The van der Waals surface area contributed by atoms with E-state index < -0.39 is 62.4 Å². The molecule has 1 amide bonds. The summed E-state index contributed by atoms with van der Waals surface area (Å²) >= 11 is 0. The second-order valence-corrected chi connectivity index (χ2v) is 17.2. The van der Waals surface area contributed by atoms with Crippen molar-refractivity contribution in [2.75, 3.05) is 40.1 Å². The number of aliphatic hydroxyl groups is 2. The Bertz CT molecular complexity index is 2650. The Morgan fingerprint density at radius 2 is 1.60 bits per heavy atom. The number of sulfone groups is 1. The van der Waals surface area contributed by atoms with Gasteiger partial charge in [-0.3, -0.25) is 14.9 Å². The molecule has 324 valence electrons. The topological polar surface area (TPSA) is 219 Å². The molecule has 15 nitrogen and oxygen atoms in total. The van der Waals surface area contributed by atoms with Gasteiger partial charge in [-0.1, -0.05) is 12.1 Å². The van der Waals surface area contributed by atoms with Crippen molar-refractivity contribution in [3.8, 4) is 6.07 Å². The van der Waals surface area contributed by atoms with Crippen molar-refractivity contribution in [2.45, 2.75) is 61.0 Å². The van der Waals surface area contributed by atoms with Gasteiger partial charge in [-0.25, -0.2) is 17.8 Å². The molecule has 7 rings (SSSR count). The standard InChI is InChI=1S/C42H42F4N10O5S/c1-41(59,40(58)52-29-11-8-25(21-47)32(20-29)42(44,45)46)22-62(60,61)30-14-12-28(13-15-30)49-17-5-3-4-16-48-27-9-6-24(7-10-27)36-35(38-50-23-51-56(38)2)37-34-31(39(57)55-54-37)18-26(43)19-33(34)53-36/h6-15,18-20,23,35-36,39,48-49,53,55,57,59H,3-5,16-17,22H2,1-2H3,(H,52,58). The van der Waals surface area contributed by atoms with Crippen LogP contribution in [0.15, 0.2) is 95.2 Å². The third-order valence-electron chi connectivity index (χ3n) is 10.6. The predicted octanol–water partition coefficient (Wildman–Crippen LogP) is 5.95. The van der Waals surface area contributed by atoms with Gasteiger partial charge in [-0.2, -0.15) is 28.6 Å². The summed E-state index contributed by atoms with van der Waals surface area (Å²) in [5.41, 5.74) is 2.53. The highest BCUT2D eigenvalue weighted by Crippen LogP contribution is 2.46. The van der Waals surface area contributed by atoms with Gasteiger partial charge in [-0.05, 0) is 98.5 Å². The highest BCUT2D eigenvalue weighted by molar-refractivity contribution is 7.91. The summed E-state index contributed by atoms with van der Waals surface area (Å²) in [7, 11) is -2.42. The Kier molecular flexibility index (Phi) is 12.2. The normalized spacial score (nSPS) is 17.9. The van der Waals surface area contributed by atoms with Crippen molar-refractivity contribution in [3.63, 3.8) is 0 Å². The van der Waals surface area contributed by atoms with Crippen LogP contribution in [-0.2, 0) is 27.9 Å². The molecule has 0 aliphatic carbocycles. The molecule has 3 heterocycles. The fraction of sp³-hybridized carbons (Fsp3) is 0.310. The van der Waals surface area contributed by atoms with Gasteiger partial charge in [-0.15, -0.1) is 0 Å². The fourth-order valence-corrected chi connectivity index (χ4v) is 9.07. The van der Waals surface area contributed by atoms with Gasteiger partial charge in [0.1, 0.15) is 18.0 Å². The molecule has 4 atom stereocenters. The van der Waals surface area contributed by atoms with Crippen LogP contribution in [0.3, 0.4) is 0 Å². The zero-order valence-corrected chi connectivity index (χ0v) is 34.1. The Labute approximate surface area is 353 Å². The number of nitriles is 1. The molecule has 7 N–H and O–H groups in total. The lowest BCUT2D eigenvalue weighted by molar-refractivity contribution is -0.137. The van der Waals surface area contributed by atoms with Crippen molar-refractivity contribution < 1.29 is 41.0 Å². The Hall–Kier alpha value is -6.56. The summed E-state index contributed by atoms with van der Waals surface area (Å²) in [5, 5.41) is 51.3. The zero-order chi connectivity index (χ0) is 44.4. The number of carbonyl (C=O) groups is 1. The Balaban J connectivity index is 0.872. The van der Waals surface area contributed by atoms with Crippen LogP contribution < -0.4 is 26.7 Å². The van der Waals surface area contributed by atoms with Gasteiger partial charge >= 0.3 is 6.18 Å². The summed E-state index contributed by atoms with van der Waals surface area (Å²) in [5.74, 6) is -2.53. The van der Waals surface area contributed by atoms with E-state index in [9.17, 15) is 41.0 Å². The van der Waals surface area contributed by atoms with Crippen molar-refractivity contribution in [3.05, 3.63) is 125 Å². The second kappa shape index (κ2) is 17.4. The lowest BCUT2D eigenvalue weighted by Crippen LogP contribution is -2.45. The Morgan fingerprint density at radius 3 is 2.21 bits per heavy atom. The molecule has 20 heteroatoms. The van der Waals surface area contributed by atoms with E-state index in [1.165, 1.54) is 36.7 Å². The van der Waals surface area contributed by atoms with Crippen LogP contribution in [0.1, 0.15) is 78.0 Å². The lowest BCUT2D eigenvalue weighted by Gasteiger charge is -2.38. The van der Waals surface area contributed by atoms with Crippen LogP contribution in [0, 0.1) is 17.1 Å². The van der Waals surface area contributed by atoms with Crippen LogP contribution in [0.25, 0.3) is 0 Å². The van der Waals surface area contributed by atoms with Gasteiger partial charge < -0.3 is 31.5 Å². The molecule has 1 aromatic heterocycles. The van der Waals surface area contributed by atoms with Gasteiger partial charge in [0.2, 0.25) is 0 Å². The number of benzene rings is 4. The summed E-state index contributed by atoms with van der Waals surface area (Å²) in [4.78, 5) is 17.1. The number of aliphatic hydroxyl groups excluding tert-OH is 1. The summed E-state index contributed by atoms with van der Waals surface area (Å²) < 4.78 is 82.6. The number of aryl methyl sites for hydroxylation is 1. The molecule has 0 spiro atoms. The molecule has 4 aromatic carbocycles. The predicted molar refractivity (Wildman–Crippen MR) is 222 cm³/mol. The third kappa shape index (κ3) is 9.34. The molecule has 0 saturated heterocycles. The summed E-state index contributed by atoms with van der Waals surface area (Å²) in [6.07, 6.45) is -2.00. The molecular weight excluding hydrogens is 833 g/mol. The number of unbranched alkanes of at least 4 members (excludes halogenated alkanes) is 2.